The molecular formula is C26H36F3N3O5. The minimum atomic E-state index is -4.47. The first-order valence-electron chi connectivity index (χ1n) is 13.2. The van der Waals surface area contributed by atoms with Gasteiger partial charge in [0.15, 0.2) is 0 Å². The van der Waals surface area contributed by atoms with Crippen molar-refractivity contribution >= 4 is 5.91 Å². The normalized spacial score (nSPS) is 32.0. The second kappa shape index (κ2) is 10.8. The van der Waals surface area contributed by atoms with E-state index in [2.05, 4.69) is 9.88 Å². The number of aromatic nitrogens is 1. The van der Waals surface area contributed by atoms with Crippen molar-refractivity contribution in [1.29, 1.82) is 0 Å². The molecule has 1 amide bonds. The summed E-state index contributed by atoms with van der Waals surface area (Å²) in [5.74, 6) is -0.0297. The first-order chi connectivity index (χ1) is 17.8. The molecule has 1 aliphatic carbocycles. The Bertz CT molecular complexity index is 979. The van der Waals surface area contributed by atoms with Crippen LogP contribution in [0.2, 0.25) is 0 Å². The number of aliphatic hydroxyl groups is 1. The molecule has 8 nitrogen and oxygen atoms in total. The number of pyridine rings is 1. The van der Waals surface area contributed by atoms with Gasteiger partial charge in [0.25, 0.3) is 0 Å². The number of alkyl halides is 3. The number of amides is 1. The molecule has 5 rings (SSSR count). The standard InChI is InChI=1S/C26H36F3N3O5/c1-35-22-16-36-9-4-21(22)32(6-2-8-33)19-12-23-25(13-19,5-10-37-23)24(34)31-7-3-20-17(15-31)11-18(14-30-20)26(27,28)29/h11,14,19,21-23,33H,2-10,12-13,15-16H2,1H3/t19-,21?,22?,23-,25-/m1/s1. The molecule has 1 N–H and O–H groups in total. The average Bonchev–Trinajstić information content (AvgIpc) is 3.46. The van der Waals surface area contributed by atoms with E-state index in [0.29, 0.717) is 76.3 Å². The van der Waals surface area contributed by atoms with Gasteiger partial charge in [-0.3, -0.25) is 14.7 Å². The molecule has 0 aromatic carbocycles. The lowest BCUT2D eigenvalue weighted by atomic mass is 9.80. The van der Waals surface area contributed by atoms with Crippen LogP contribution in [0.3, 0.4) is 0 Å². The molecule has 37 heavy (non-hydrogen) atoms. The van der Waals surface area contributed by atoms with E-state index in [9.17, 15) is 23.1 Å². The first-order valence-corrected chi connectivity index (χ1v) is 13.2. The van der Waals surface area contributed by atoms with Crippen molar-refractivity contribution in [1.82, 2.24) is 14.8 Å². The van der Waals surface area contributed by atoms with Gasteiger partial charge in [0.1, 0.15) is 0 Å². The summed E-state index contributed by atoms with van der Waals surface area (Å²) in [6, 6.07) is 1.33. The van der Waals surface area contributed by atoms with Crippen molar-refractivity contribution in [3.8, 4) is 0 Å². The predicted molar refractivity (Wildman–Crippen MR) is 127 cm³/mol. The van der Waals surface area contributed by atoms with E-state index < -0.39 is 17.2 Å². The van der Waals surface area contributed by atoms with Crippen LogP contribution in [-0.2, 0) is 38.1 Å². The predicted octanol–water partition coefficient (Wildman–Crippen LogP) is 2.41. The van der Waals surface area contributed by atoms with Crippen molar-refractivity contribution in [2.75, 3.05) is 46.6 Å². The number of carbonyl (C=O) groups is 1. The van der Waals surface area contributed by atoms with E-state index in [1.165, 1.54) is 0 Å². The quantitative estimate of drug-likeness (QED) is 0.583. The Kier molecular flexibility index (Phi) is 7.80. The lowest BCUT2D eigenvalue weighted by molar-refractivity contribution is -0.145. The maximum absolute atomic E-state index is 14.1. The molecule has 1 aromatic heterocycles. The Balaban J connectivity index is 1.36. The zero-order valence-electron chi connectivity index (χ0n) is 21.2. The van der Waals surface area contributed by atoms with Crippen LogP contribution in [0, 0.1) is 5.41 Å². The van der Waals surface area contributed by atoms with E-state index in [0.717, 1.165) is 18.7 Å². The van der Waals surface area contributed by atoms with Crippen LogP contribution < -0.4 is 0 Å². The van der Waals surface area contributed by atoms with E-state index >= 15 is 0 Å². The zero-order valence-corrected chi connectivity index (χ0v) is 21.2. The minimum Gasteiger partial charge on any atom is -0.396 e. The van der Waals surface area contributed by atoms with Gasteiger partial charge in [-0.05, 0) is 43.7 Å². The fraction of sp³-hybridized carbons (Fsp3) is 0.769. The molecule has 3 aliphatic heterocycles. The highest BCUT2D eigenvalue weighted by molar-refractivity contribution is 5.84. The molecule has 0 radical (unpaired) electrons. The molecule has 0 spiro atoms. The Morgan fingerprint density at radius 3 is 2.97 bits per heavy atom. The summed E-state index contributed by atoms with van der Waals surface area (Å²) in [5, 5.41) is 9.56. The van der Waals surface area contributed by atoms with Crippen LogP contribution >= 0.6 is 0 Å². The van der Waals surface area contributed by atoms with Gasteiger partial charge in [-0.15, -0.1) is 0 Å². The van der Waals surface area contributed by atoms with Crippen molar-refractivity contribution in [3.05, 3.63) is 29.1 Å². The molecule has 4 heterocycles. The van der Waals surface area contributed by atoms with E-state index in [1.807, 2.05) is 0 Å². The fourth-order valence-electron chi connectivity index (χ4n) is 6.81. The average molecular weight is 528 g/mol. The van der Waals surface area contributed by atoms with Gasteiger partial charge in [-0.1, -0.05) is 0 Å². The topological polar surface area (TPSA) is 84.4 Å². The molecular weight excluding hydrogens is 491 g/mol. The summed E-state index contributed by atoms with van der Waals surface area (Å²) in [6.45, 7) is 2.98. The van der Waals surface area contributed by atoms with E-state index in [1.54, 1.807) is 12.0 Å². The molecule has 206 valence electrons. The van der Waals surface area contributed by atoms with Crippen LogP contribution in [0.25, 0.3) is 0 Å². The third-order valence-electron chi connectivity index (χ3n) is 8.69. The Morgan fingerprint density at radius 1 is 1.38 bits per heavy atom. The molecule has 1 saturated carbocycles. The number of fused-ring (bicyclic) bond motifs is 2. The largest absolute Gasteiger partial charge is 0.417 e. The van der Waals surface area contributed by atoms with Crippen molar-refractivity contribution in [2.24, 2.45) is 5.41 Å². The number of hydrogen-bond donors (Lipinski definition) is 1. The van der Waals surface area contributed by atoms with Gasteiger partial charge in [0, 0.05) is 77.0 Å². The van der Waals surface area contributed by atoms with Gasteiger partial charge < -0.3 is 24.2 Å². The number of aliphatic hydroxyl groups excluding tert-OH is 1. The summed E-state index contributed by atoms with van der Waals surface area (Å²) >= 11 is 0. The molecule has 4 aliphatic rings. The highest BCUT2D eigenvalue weighted by Gasteiger charge is 2.59. The molecule has 3 fully saturated rings. The summed E-state index contributed by atoms with van der Waals surface area (Å²) in [7, 11) is 1.68. The smallest absolute Gasteiger partial charge is 0.396 e. The van der Waals surface area contributed by atoms with Crippen LogP contribution in [0.1, 0.15) is 48.9 Å². The van der Waals surface area contributed by atoms with Gasteiger partial charge in [-0.2, -0.15) is 13.2 Å². The van der Waals surface area contributed by atoms with Crippen LogP contribution in [0.5, 0.6) is 0 Å². The zero-order chi connectivity index (χ0) is 26.2. The number of rotatable bonds is 7. The molecule has 0 bridgehead atoms. The minimum absolute atomic E-state index is 0.0297. The van der Waals surface area contributed by atoms with E-state index in [-0.39, 0.29) is 43.4 Å². The maximum Gasteiger partial charge on any atom is 0.417 e. The number of methoxy groups -OCH3 is 1. The summed E-state index contributed by atoms with van der Waals surface area (Å²) in [5.41, 5.74) is -0.392. The third kappa shape index (κ3) is 5.13. The van der Waals surface area contributed by atoms with Crippen molar-refractivity contribution in [2.45, 2.75) is 75.5 Å². The van der Waals surface area contributed by atoms with Crippen molar-refractivity contribution in [3.63, 3.8) is 0 Å². The lowest BCUT2D eigenvalue weighted by Crippen LogP contribution is -2.54. The molecule has 2 saturated heterocycles. The lowest BCUT2D eigenvalue weighted by Gasteiger charge is -2.43. The Labute approximate surface area is 215 Å². The summed E-state index contributed by atoms with van der Waals surface area (Å²) < 4.78 is 57.3. The van der Waals surface area contributed by atoms with Crippen LogP contribution in [0.15, 0.2) is 12.3 Å². The Hall–Kier alpha value is -1.79. The second-order valence-electron chi connectivity index (χ2n) is 10.7. The maximum atomic E-state index is 14.1. The molecule has 2 unspecified atom stereocenters. The first kappa shape index (κ1) is 26.8. The van der Waals surface area contributed by atoms with Gasteiger partial charge in [0.05, 0.1) is 29.8 Å². The molecule has 1 aromatic rings. The molecule has 11 heteroatoms. The van der Waals surface area contributed by atoms with Gasteiger partial charge in [-0.25, -0.2) is 0 Å². The molecule has 5 atom stereocenters. The highest BCUT2D eigenvalue weighted by atomic mass is 19.4. The SMILES string of the molecule is COC1COCCC1N(CCCO)[C@@H]1C[C@H]2OCC[C@@]2(C(=O)N2CCc3ncc(C(F)(F)F)cc3C2)C1. The Morgan fingerprint density at radius 2 is 2.22 bits per heavy atom. The van der Waals surface area contributed by atoms with Crippen LogP contribution in [-0.4, -0.2) is 96.7 Å². The number of hydrogen-bond acceptors (Lipinski definition) is 7. The van der Waals surface area contributed by atoms with E-state index in [4.69, 9.17) is 14.2 Å². The summed E-state index contributed by atoms with van der Waals surface area (Å²) in [6.07, 6.45) is -0.122. The third-order valence-corrected chi connectivity index (χ3v) is 8.69. The van der Waals surface area contributed by atoms with Gasteiger partial charge >= 0.3 is 6.18 Å². The number of carbonyl (C=O) groups excluding carboxylic acids is 1. The van der Waals surface area contributed by atoms with Gasteiger partial charge in [0.2, 0.25) is 5.91 Å². The van der Waals surface area contributed by atoms with Crippen LogP contribution in [0.4, 0.5) is 13.2 Å². The highest BCUT2D eigenvalue weighted by Crippen LogP contribution is 2.51. The number of ether oxygens (including phenoxy) is 3. The summed E-state index contributed by atoms with van der Waals surface area (Å²) in [4.78, 5) is 22.2. The fourth-order valence-corrected chi connectivity index (χ4v) is 6.81. The number of nitrogens with zero attached hydrogens (tertiary/aromatic N) is 3. The monoisotopic (exact) mass is 527 g/mol. The second-order valence-corrected chi connectivity index (χ2v) is 10.7. The van der Waals surface area contributed by atoms with Crippen molar-refractivity contribution < 1.29 is 37.3 Å². The number of halogens is 3.